The highest BCUT2D eigenvalue weighted by molar-refractivity contribution is 7.92. The van der Waals surface area contributed by atoms with E-state index in [1.807, 2.05) is 6.92 Å². The quantitative estimate of drug-likeness (QED) is 0.449. The van der Waals surface area contributed by atoms with E-state index in [4.69, 9.17) is 16.3 Å². The van der Waals surface area contributed by atoms with Crippen molar-refractivity contribution < 1.29 is 22.7 Å². The first-order valence-electron chi connectivity index (χ1n) is 12.6. The average molecular weight is 550 g/mol. The number of methoxy groups -OCH3 is 1. The highest BCUT2D eigenvalue weighted by Crippen LogP contribution is 2.24. The molecule has 0 unspecified atom stereocenters. The van der Waals surface area contributed by atoms with Gasteiger partial charge in [0.25, 0.3) is 0 Å². The summed E-state index contributed by atoms with van der Waals surface area (Å²) in [6.07, 6.45) is 6.58. The Bertz CT molecular complexity index is 1170. The SMILES string of the molecule is CC[C@H](C(=O)NC1CCCCC1)N(Cc1ccc(Cl)cc1)C(=O)CN(c1cccc(OC)c1)S(C)(=O)=O. The monoisotopic (exact) mass is 549 g/mol. The van der Waals surface area contributed by atoms with Crippen molar-refractivity contribution >= 4 is 39.1 Å². The Hall–Kier alpha value is -2.78. The summed E-state index contributed by atoms with van der Waals surface area (Å²) < 4.78 is 31.8. The van der Waals surface area contributed by atoms with Crippen LogP contribution in [0.15, 0.2) is 48.5 Å². The van der Waals surface area contributed by atoms with Gasteiger partial charge >= 0.3 is 0 Å². The standard InChI is InChI=1S/C27H36ClN3O5S/c1-4-25(27(33)29-22-9-6-5-7-10-22)30(18-20-13-15-21(28)16-14-20)26(32)19-31(37(3,34)35)23-11-8-12-24(17-23)36-2/h8,11-17,22,25H,4-7,9-10,18-19H2,1-3H3,(H,29,33)/t25-/m1/s1. The predicted molar refractivity (Wildman–Crippen MR) is 146 cm³/mol. The van der Waals surface area contributed by atoms with E-state index in [9.17, 15) is 18.0 Å². The zero-order chi connectivity index (χ0) is 27.0. The maximum Gasteiger partial charge on any atom is 0.244 e. The summed E-state index contributed by atoms with van der Waals surface area (Å²) >= 11 is 6.04. The minimum atomic E-state index is -3.81. The maximum atomic E-state index is 13.8. The van der Waals surface area contributed by atoms with Crippen LogP contribution in [0.3, 0.4) is 0 Å². The zero-order valence-corrected chi connectivity index (χ0v) is 23.2. The Morgan fingerprint density at radius 2 is 1.78 bits per heavy atom. The first kappa shape index (κ1) is 28.8. The summed E-state index contributed by atoms with van der Waals surface area (Å²) in [7, 11) is -2.33. The number of nitrogens with one attached hydrogen (secondary N) is 1. The van der Waals surface area contributed by atoms with Crippen LogP contribution in [-0.4, -0.2) is 57.1 Å². The Balaban J connectivity index is 1.91. The van der Waals surface area contributed by atoms with Gasteiger partial charge in [-0.3, -0.25) is 13.9 Å². The highest BCUT2D eigenvalue weighted by Gasteiger charge is 2.32. The molecule has 37 heavy (non-hydrogen) atoms. The number of hydrogen-bond donors (Lipinski definition) is 1. The van der Waals surface area contributed by atoms with Crippen LogP contribution in [0.5, 0.6) is 5.75 Å². The molecular weight excluding hydrogens is 514 g/mol. The fraction of sp³-hybridized carbons (Fsp3) is 0.481. The van der Waals surface area contributed by atoms with Gasteiger partial charge in [-0.05, 0) is 49.1 Å². The molecular formula is C27H36ClN3O5S. The van der Waals surface area contributed by atoms with Crippen molar-refractivity contribution in [1.82, 2.24) is 10.2 Å². The Labute approximate surface area is 225 Å². The third-order valence-electron chi connectivity index (χ3n) is 6.62. The van der Waals surface area contributed by atoms with Gasteiger partial charge in [0, 0.05) is 23.7 Å². The lowest BCUT2D eigenvalue weighted by atomic mass is 9.95. The van der Waals surface area contributed by atoms with Crippen molar-refractivity contribution in [2.45, 2.75) is 64.1 Å². The molecule has 2 aromatic rings. The molecule has 1 N–H and O–H groups in total. The molecule has 0 heterocycles. The van der Waals surface area contributed by atoms with Gasteiger partial charge in [-0.2, -0.15) is 0 Å². The molecule has 0 aliphatic heterocycles. The normalized spacial score (nSPS) is 15.0. The van der Waals surface area contributed by atoms with E-state index in [0.29, 0.717) is 22.9 Å². The molecule has 1 atom stereocenters. The van der Waals surface area contributed by atoms with Gasteiger partial charge in [-0.25, -0.2) is 8.42 Å². The third-order valence-corrected chi connectivity index (χ3v) is 8.02. The minimum Gasteiger partial charge on any atom is -0.497 e. The summed E-state index contributed by atoms with van der Waals surface area (Å²) in [5.74, 6) is -0.229. The molecule has 0 spiro atoms. The van der Waals surface area contributed by atoms with Crippen LogP contribution in [0, 0.1) is 0 Å². The number of ether oxygens (including phenoxy) is 1. The lowest BCUT2D eigenvalue weighted by molar-refractivity contribution is -0.140. The fourth-order valence-corrected chi connectivity index (χ4v) is 5.60. The Kier molecular flexibility index (Phi) is 10.2. The number of carbonyl (C=O) groups excluding carboxylic acids is 2. The summed E-state index contributed by atoms with van der Waals surface area (Å²) in [6, 6.07) is 12.9. The van der Waals surface area contributed by atoms with E-state index in [1.54, 1.807) is 48.5 Å². The van der Waals surface area contributed by atoms with E-state index >= 15 is 0 Å². The molecule has 1 fully saturated rings. The lowest BCUT2D eigenvalue weighted by Gasteiger charge is -2.34. The molecule has 8 nitrogen and oxygen atoms in total. The van der Waals surface area contributed by atoms with Gasteiger partial charge in [-0.15, -0.1) is 0 Å². The highest BCUT2D eigenvalue weighted by atomic mass is 35.5. The van der Waals surface area contributed by atoms with Gasteiger partial charge in [0.15, 0.2) is 0 Å². The number of carbonyl (C=O) groups is 2. The molecule has 0 radical (unpaired) electrons. The zero-order valence-electron chi connectivity index (χ0n) is 21.7. The minimum absolute atomic E-state index is 0.0899. The average Bonchev–Trinajstić information content (AvgIpc) is 2.88. The third kappa shape index (κ3) is 8.10. The number of hydrogen-bond acceptors (Lipinski definition) is 5. The van der Waals surface area contributed by atoms with E-state index in [0.717, 1.165) is 48.2 Å². The van der Waals surface area contributed by atoms with Gasteiger partial charge in [0.1, 0.15) is 18.3 Å². The second-order valence-corrected chi connectivity index (χ2v) is 11.7. The largest absolute Gasteiger partial charge is 0.497 e. The number of amides is 2. The van der Waals surface area contributed by atoms with E-state index in [1.165, 1.54) is 12.0 Å². The number of nitrogens with zero attached hydrogens (tertiary/aromatic N) is 2. The van der Waals surface area contributed by atoms with Crippen LogP contribution in [0.25, 0.3) is 0 Å². The summed E-state index contributed by atoms with van der Waals surface area (Å²) in [4.78, 5) is 28.6. The van der Waals surface area contributed by atoms with E-state index in [-0.39, 0.29) is 18.5 Å². The summed E-state index contributed by atoms with van der Waals surface area (Å²) in [5.41, 5.74) is 1.09. The molecule has 1 aliphatic carbocycles. The van der Waals surface area contributed by atoms with Gasteiger partial charge in [-0.1, -0.05) is 56.0 Å². The summed E-state index contributed by atoms with van der Waals surface area (Å²) in [5, 5.41) is 3.69. The lowest BCUT2D eigenvalue weighted by Crippen LogP contribution is -2.53. The number of rotatable bonds is 11. The fourth-order valence-electron chi connectivity index (χ4n) is 4.63. The predicted octanol–water partition coefficient (Wildman–Crippen LogP) is 4.37. The molecule has 0 saturated heterocycles. The molecule has 2 amide bonds. The van der Waals surface area contributed by atoms with Crippen molar-refractivity contribution in [2.75, 3.05) is 24.2 Å². The second-order valence-electron chi connectivity index (χ2n) is 9.39. The first-order valence-corrected chi connectivity index (χ1v) is 14.8. The first-order chi connectivity index (χ1) is 17.6. The number of benzene rings is 2. The topological polar surface area (TPSA) is 96.0 Å². The number of halogens is 1. The smallest absolute Gasteiger partial charge is 0.244 e. The van der Waals surface area contributed by atoms with Crippen molar-refractivity contribution in [2.24, 2.45) is 0 Å². The van der Waals surface area contributed by atoms with Crippen molar-refractivity contribution in [1.29, 1.82) is 0 Å². The van der Waals surface area contributed by atoms with Crippen LogP contribution >= 0.6 is 11.6 Å². The molecule has 202 valence electrons. The molecule has 1 saturated carbocycles. The van der Waals surface area contributed by atoms with Gasteiger partial charge < -0.3 is 15.0 Å². The molecule has 1 aliphatic rings. The Morgan fingerprint density at radius 1 is 1.11 bits per heavy atom. The molecule has 0 aromatic heterocycles. The van der Waals surface area contributed by atoms with Crippen molar-refractivity contribution in [3.8, 4) is 5.75 Å². The maximum absolute atomic E-state index is 13.8. The van der Waals surface area contributed by atoms with Crippen LogP contribution in [0.1, 0.15) is 51.0 Å². The van der Waals surface area contributed by atoms with Crippen LogP contribution in [-0.2, 0) is 26.2 Å². The summed E-state index contributed by atoms with van der Waals surface area (Å²) in [6.45, 7) is 1.54. The van der Waals surface area contributed by atoms with Gasteiger partial charge in [0.05, 0.1) is 19.1 Å². The molecule has 0 bridgehead atoms. The van der Waals surface area contributed by atoms with Crippen molar-refractivity contribution in [3.63, 3.8) is 0 Å². The Morgan fingerprint density at radius 3 is 2.38 bits per heavy atom. The molecule has 3 rings (SSSR count). The number of anilines is 1. The van der Waals surface area contributed by atoms with E-state index < -0.39 is 28.5 Å². The van der Waals surface area contributed by atoms with Crippen LogP contribution in [0.4, 0.5) is 5.69 Å². The molecule has 10 heteroatoms. The molecule has 2 aromatic carbocycles. The van der Waals surface area contributed by atoms with Gasteiger partial charge in [0.2, 0.25) is 21.8 Å². The van der Waals surface area contributed by atoms with Crippen LogP contribution < -0.4 is 14.4 Å². The van der Waals surface area contributed by atoms with E-state index in [2.05, 4.69) is 5.32 Å². The second kappa shape index (κ2) is 13.1. The van der Waals surface area contributed by atoms with Crippen LogP contribution in [0.2, 0.25) is 5.02 Å². The van der Waals surface area contributed by atoms with Crippen molar-refractivity contribution in [3.05, 3.63) is 59.1 Å². The number of sulfonamides is 1.